The molecule has 0 spiro atoms. The smallest absolute Gasteiger partial charge is 0.212 e. The van der Waals surface area contributed by atoms with E-state index in [9.17, 15) is 4.79 Å². The zero-order valence-corrected chi connectivity index (χ0v) is 11.7. The SMILES string of the molecule is Cc1ccc(C(=O)c2cc(Cl)c(Br)s2)s1. The Balaban J connectivity index is 2.36. The van der Waals surface area contributed by atoms with Gasteiger partial charge in [0.15, 0.2) is 0 Å². The molecule has 0 atom stereocenters. The van der Waals surface area contributed by atoms with Gasteiger partial charge in [-0.2, -0.15) is 0 Å². The molecule has 78 valence electrons. The van der Waals surface area contributed by atoms with Gasteiger partial charge in [-0.05, 0) is 41.1 Å². The van der Waals surface area contributed by atoms with Gasteiger partial charge < -0.3 is 0 Å². The predicted octanol–water partition coefficient (Wildman–Crippen LogP) is 4.76. The Kier molecular flexibility index (Phi) is 3.30. The summed E-state index contributed by atoms with van der Waals surface area (Å²) >= 11 is 12.1. The van der Waals surface area contributed by atoms with Gasteiger partial charge in [0.2, 0.25) is 5.78 Å². The maximum absolute atomic E-state index is 12.0. The summed E-state index contributed by atoms with van der Waals surface area (Å²) in [4.78, 5) is 14.5. The molecule has 15 heavy (non-hydrogen) atoms. The second-order valence-electron chi connectivity index (χ2n) is 2.97. The van der Waals surface area contributed by atoms with Crippen LogP contribution >= 0.6 is 50.2 Å². The van der Waals surface area contributed by atoms with E-state index in [0.717, 1.165) is 13.5 Å². The number of aryl methyl sites for hydroxylation is 1. The average molecular weight is 322 g/mol. The Morgan fingerprint density at radius 2 is 2.07 bits per heavy atom. The first-order valence-corrected chi connectivity index (χ1v) is 6.94. The molecule has 0 N–H and O–H groups in total. The Bertz CT molecular complexity index is 496. The van der Waals surface area contributed by atoms with Crippen molar-refractivity contribution in [1.82, 2.24) is 0 Å². The maximum Gasteiger partial charge on any atom is 0.212 e. The van der Waals surface area contributed by atoms with Crippen molar-refractivity contribution in [2.75, 3.05) is 0 Å². The highest BCUT2D eigenvalue weighted by atomic mass is 79.9. The van der Waals surface area contributed by atoms with Gasteiger partial charge in [-0.15, -0.1) is 22.7 Å². The van der Waals surface area contributed by atoms with Crippen molar-refractivity contribution in [3.05, 3.63) is 41.6 Å². The molecule has 0 saturated heterocycles. The van der Waals surface area contributed by atoms with Crippen LogP contribution in [0.25, 0.3) is 0 Å². The number of halogens is 2. The van der Waals surface area contributed by atoms with Crippen LogP contribution < -0.4 is 0 Å². The number of hydrogen-bond donors (Lipinski definition) is 0. The molecular weight excluding hydrogens is 316 g/mol. The minimum absolute atomic E-state index is 0.0469. The molecule has 0 aromatic carbocycles. The van der Waals surface area contributed by atoms with Gasteiger partial charge in [0.25, 0.3) is 0 Å². The first-order valence-electron chi connectivity index (χ1n) is 4.14. The number of rotatable bonds is 2. The summed E-state index contributed by atoms with van der Waals surface area (Å²) in [6.07, 6.45) is 0. The molecule has 0 radical (unpaired) electrons. The quantitative estimate of drug-likeness (QED) is 0.729. The summed E-state index contributed by atoms with van der Waals surface area (Å²) in [5.74, 6) is 0.0469. The third-order valence-corrected chi connectivity index (χ3v) is 5.31. The van der Waals surface area contributed by atoms with Gasteiger partial charge in [0.1, 0.15) is 0 Å². The Hall–Kier alpha value is -0.160. The molecule has 0 saturated carbocycles. The van der Waals surface area contributed by atoms with E-state index in [1.807, 2.05) is 19.1 Å². The van der Waals surface area contributed by atoms with E-state index in [1.54, 1.807) is 6.07 Å². The Morgan fingerprint density at radius 1 is 1.33 bits per heavy atom. The lowest BCUT2D eigenvalue weighted by molar-refractivity contribution is 0.104. The molecule has 0 aliphatic heterocycles. The van der Waals surface area contributed by atoms with Crippen LogP contribution in [0.3, 0.4) is 0 Å². The van der Waals surface area contributed by atoms with E-state index < -0.39 is 0 Å². The van der Waals surface area contributed by atoms with Crippen LogP contribution in [-0.4, -0.2) is 5.78 Å². The highest BCUT2D eigenvalue weighted by Gasteiger charge is 2.15. The summed E-state index contributed by atoms with van der Waals surface area (Å²) in [6.45, 7) is 1.98. The third-order valence-electron chi connectivity index (χ3n) is 1.83. The van der Waals surface area contributed by atoms with Crippen LogP contribution in [0, 0.1) is 6.92 Å². The molecule has 0 amide bonds. The normalized spacial score (nSPS) is 10.6. The minimum atomic E-state index is 0.0469. The fourth-order valence-corrected chi connectivity index (χ4v) is 3.68. The number of thiophene rings is 2. The van der Waals surface area contributed by atoms with Gasteiger partial charge in [-0.1, -0.05) is 11.6 Å². The third kappa shape index (κ3) is 2.33. The molecule has 2 rings (SSSR count). The maximum atomic E-state index is 12.0. The zero-order valence-electron chi connectivity index (χ0n) is 7.71. The molecule has 0 bridgehead atoms. The summed E-state index contributed by atoms with van der Waals surface area (Å²) in [6, 6.07) is 5.50. The number of ketones is 1. The second kappa shape index (κ2) is 4.37. The summed E-state index contributed by atoms with van der Waals surface area (Å²) in [7, 11) is 0. The van der Waals surface area contributed by atoms with E-state index in [4.69, 9.17) is 11.6 Å². The standard InChI is InChI=1S/C10H6BrClOS2/c1-5-2-3-7(14-5)9(13)8-4-6(12)10(11)15-8/h2-4H,1H3. The summed E-state index contributed by atoms with van der Waals surface area (Å²) in [5, 5.41) is 0.594. The van der Waals surface area contributed by atoms with Gasteiger partial charge >= 0.3 is 0 Å². The van der Waals surface area contributed by atoms with Crippen molar-refractivity contribution >= 4 is 56.0 Å². The van der Waals surface area contributed by atoms with Crippen molar-refractivity contribution in [3.63, 3.8) is 0 Å². The predicted molar refractivity (Wildman–Crippen MR) is 69.5 cm³/mol. The lowest BCUT2D eigenvalue weighted by Gasteiger charge is -1.90. The number of hydrogen-bond acceptors (Lipinski definition) is 3. The largest absolute Gasteiger partial charge is 0.287 e. The van der Waals surface area contributed by atoms with Crippen LogP contribution in [0.1, 0.15) is 19.4 Å². The van der Waals surface area contributed by atoms with Crippen LogP contribution in [0.4, 0.5) is 0 Å². The van der Waals surface area contributed by atoms with E-state index >= 15 is 0 Å². The highest BCUT2D eigenvalue weighted by Crippen LogP contribution is 2.34. The minimum Gasteiger partial charge on any atom is -0.287 e. The van der Waals surface area contributed by atoms with E-state index in [0.29, 0.717) is 9.90 Å². The molecular formula is C10H6BrClOS2. The van der Waals surface area contributed by atoms with Gasteiger partial charge in [-0.25, -0.2) is 0 Å². The number of carbonyl (C=O) groups is 1. The molecule has 0 fully saturated rings. The lowest BCUT2D eigenvalue weighted by atomic mass is 10.3. The molecule has 2 heterocycles. The molecule has 0 aliphatic carbocycles. The zero-order chi connectivity index (χ0) is 11.0. The fraction of sp³-hybridized carbons (Fsp3) is 0.100. The van der Waals surface area contributed by atoms with Crippen molar-refractivity contribution in [1.29, 1.82) is 0 Å². The topological polar surface area (TPSA) is 17.1 Å². The molecule has 2 aromatic heterocycles. The van der Waals surface area contributed by atoms with Crippen LogP contribution in [0.2, 0.25) is 5.02 Å². The molecule has 2 aromatic rings. The summed E-state index contributed by atoms with van der Waals surface area (Å²) < 4.78 is 0.806. The van der Waals surface area contributed by atoms with Crippen molar-refractivity contribution in [2.24, 2.45) is 0 Å². The highest BCUT2D eigenvalue weighted by molar-refractivity contribution is 9.11. The molecule has 0 aliphatic rings. The fourth-order valence-electron chi connectivity index (χ4n) is 1.14. The van der Waals surface area contributed by atoms with Crippen LogP contribution in [0.5, 0.6) is 0 Å². The van der Waals surface area contributed by atoms with Crippen LogP contribution in [0.15, 0.2) is 22.0 Å². The van der Waals surface area contributed by atoms with Gasteiger partial charge in [0.05, 0.1) is 18.6 Å². The molecule has 5 heteroatoms. The monoisotopic (exact) mass is 320 g/mol. The van der Waals surface area contributed by atoms with Crippen molar-refractivity contribution in [3.8, 4) is 0 Å². The van der Waals surface area contributed by atoms with E-state index in [1.165, 1.54) is 22.7 Å². The lowest BCUT2D eigenvalue weighted by Crippen LogP contribution is -1.93. The Labute approximate surface area is 109 Å². The Morgan fingerprint density at radius 3 is 2.53 bits per heavy atom. The first kappa shape index (κ1) is 11.3. The van der Waals surface area contributed by atoms with Gasteiger partial charge in [0, 0.05) is 4.88 Å². The number of carbonyl (C=O) groups excluding carboxylic acids is 1. The molecule has 1 nitrogen and oxygen atoms in total. The average Bonchev–Trinajstić information content (AvgIpc) is 2.74. The van der Waals surface area contributed by atoms with Crippen molar-refractivity contribution in [2.45, 2.75) is 6.92 Å². The summed E-state index contributed by atoms with van der Waals surface area (Å²) in [5.41, 5.74) is 0. The van der Waals surface area contributed by atoms with E-state index in [2.05, 4.69) is 15.9 Å². The first-order chi connectivity index (χ1) is 7.08. The second-order valence-corrected chi connectivity index (χ2v) is 7.04. The van der Waals surface area contributed by atoms with Gasteiger partial charge in [-0.3, -0.25) is 4.79 Å². The van der Waals surface area contributed by atoms with E-state index in [-0.39, 0.29) is 5.78 Å². The van der Waals surface area contributed by atoms with Crippen molar-refractivity contribution < 1.29 is 4.79 Å². The molecule has 0 unspecified atom stereocenters. The van der Waals surface area contributed by atoms with Crippen LogP contribution in [-0.2, 0) is 0 Å².